The van der Waals surface area contributed by atoms with Gasteiger partial charge in [0, 0.05) is 29.4 Å². The summed E-state index contributed by atoms with van der Waals surface area (Å²) in [5.74, 6) is 0. The Morgan fingerprint density at radius 2 is 1.64 bits per heavy atom. The highest BCUT2D eigenvalue weighted by atomic mass is 35.5. The van der Waals surface area contributed by atoms with Crippen LogP contribution in [0.3, 0.4) is 0 Å². The van der Waals surface area contributed by atoms with Gasteiger partial charge in [0.15, 0.2) is 0 Å². The molecule has 114 valence electrons. The summed E-state index contributed by atoms with van der Waals surface area (Å²) in [5.41, 5.74) is 3.55. The first-order valence-corrected chi connectivity index (χ1v) is 7.95. The molecule has 0 spiro atoms. The molecule has 22 heavy (non-hydrogen) atoms. The van der Waals surface area contributed by atoms with Gasteiger partial charge in [-0.2, -0.15) is 5.10 Å². The Kier molecular flexibility index (Phi) is 4.64. The van der Waals surface area contributed by atoms with E-state index >= 15 is 0 Å². The molecular formula is C18H20ClN3. The number of hydrogen-bond donors (Lipinski definition) is 0. The van der Waals surface area contributed by atoms with Crippen molar-refractivity contribution in [3.8, 4) is 0 Å². The van der Waals surface area contributed by atoms with Crippen molar-refractivity contribution in [1.82, 2.24) is 5.01 Å². The van der Waals surface area contributed by atoms with Gasteiger partial charge < -0.3 is 4.90 Å². The van der Waals surface area contributed by atoms with E-state index in [0.29, 0.717) is 0 Å². The third-order valence-corrected chi connectivity index (χ3v) is 4.26. The maximum atomic E-state index is 6.14. The average Bonchev–Trinajstić information content (AvgIpc) is 2.55. The molecule has 1 saturated heterocycles. The summed E-state index contributed by atoms with van der Waals surface area (Å²) in [6, 6.07) is 16.5. The van der Waals surface area contributed by atoms with E-state index < -0.39 is 0 Å². The lowest BCUT2D eigenvalue weighted by atomic mass is 10.2. The average molecular weight is 314 g/mol. The second kappa shape index (κ2) is 6.84. The largest absolute Gasteiger partial charge is 0.368 e. The molecule has 0 aliphatic carbocycles. The molecule has 1 aliphatic rings. The minimum Gasteiger partial charge on any atom is -0.368 e. The summed E-state index contributed by atoms with van der Waals surface area (Å²) in [6.07, 6.45) is 1.85. The maximum Gasteiger partial charge on any atom is 0.0557 e. The van der Waals surface area contributed by atoms with E-state index in [-0.39, 0.29) is 0 Å². The molecule has 0 bridgehead atoms. The minimum absolute atomic E-state index is 0.740. The molecule has 0 amide bonds. The van der Waals surface area contributed by atoms with Crippen molar-refractivity contribution in [3.05, 3.63) is 64.7 Å². The first kappa shape index (κ1) is 14.9. The second-order valence-electron chi connectivity index (χ2n) is 5.54. The molecule has 0 aromatic heterocycles. The topological polar surface area (TPSA) is 18.8 Å². The second-order valence-corrected chi connectivity index (χ2v) is 5.95. The lowest BCUT2D eigenvalue weighted by molar-refractivity contribution is 0.272. The van der Waals surface area contributed by atoms with Crippen molar-refractivity contribution in [3.63, 3.8) is 0 Å². The van der Waals surface area contributed by atoms with Crippen LogP contribution in [0.2, 0.25) is 5.02 Å². The molecule has 0 atom stereocenters. The number of halogens is 1. The van der Waals surface area contributed by atoms with Crippen LogP contribution >= 0.6 is 11.6 Å². The quantitative estimate of drug-likeness (QED) is 0.803. The molecule has 0 saturated carbocycles. The molecule has 4 heteroatoms. The number of benzene rings is 2. The van der Waals surface area contributed by atoms with Crippen molar-refractivity contribution in [2.75, 3.05) is 31.1 Å². The van der Waals surface area contributed by atoms with E-state index in [9.17, 15) is 0 Å². The van der Waals surface area contributed by atoms with Crippen LogP contribution in [0.5, 0.6) is 0 Å². The standard InChI is InChI=1S/C18H20ClN3/c1-15-6-8-17(9-7-15)21-10-12-22(13-11-21)20-14-16-4-2-3-5-18(16)19/h2-9,14H,10-13H2,1H3/b20-14+. The summed E-state index contributed by atoms with van der Waals surface area (Å²) in [6.45, 7) is 5.95. The van der Waals surface area contributed by atoms with Gasteiger partial charge in [-0.3, -0.25) is 5.01 Å². The van der Waals surface area contributed by atoms with Crippen molar-refractivity contribution in [2.24, 2.45) is 5.10 Å². The monoisotopic (exact) mass is 313 g/mol. The Morgan fingerprint density at radius 3 is 2.32 bits per heavy atom. The number of aryl methyl sites for hydroxylation is 1. The van der Waals surface area contributed by atoms with Crippen LogP contribution in [0, 0.1) is 6.92 Å². The fourth-order valence-corrected chi connectivity index (χ4v) is 2.73. The van der Waals surface area contributed by atoms with Crippen LogP contribution in [-0.2, 0) is 0 Å². The van der Waals surface area contributed by atoms with Crippen LogP contribution in [0.15, 0.2) is 53.6 Å². The van der Waals surface area contributed by atoms with E-state index in [1.165, 1.54) is 11.3 Å². The van der Waals surface area contributed by atoms with Crippen molar-refractivity contribution >= 4 is 23.5 Å². The first-order valence-electron chi connectivity index (χ1n) is 7.57. The Bertz CT molecular complexity index is 644. The molecule has 1 fully saturated rings. The smallest absolute Gasteiger partial charge is 0.0557 e. The number of hydrogen-bond acceptors (Lipinski definition) is 3. The van der Waals surface area contributed by atoms with Gasteiger partial charge in [0.05, 0.1) is 19.3 Å². The normalized spacial score (nSPS) is 15.5. The van der Waals surface area contributed by atoms with Crippen LogP contribution in [-0.4, -0.2) is 37.4 Å². The van der Waals surface area contributed by atoms with Gasteiger partial charge in [-0.15, -0.1) is 0 Å². The lowest BCUT2D eigenvalue weighted by Gasteiger charge is -2.34. The summed E-state index contributed by atoms with van der Waals surface area (Å²) in [4.78, 5) is 2.40. The van der Waals surface area contributed by atoms with Crippen molar-refractivity contribution in [2.45, 2.75) is 6.92 Å². The molecular weight excluding hydrogens is 294 g/mol. The molecule has 3 nitrogen and oxygen atoms in total. The SMILES string of the molecule is Cc1ccc(N2CCN(/N=C/c3ccccc3Cl)CC2)cc1. The van der Waals surface area contributed by atoms with Gasteiger partial charge in [0.1, 0.15) is 0 Å². The third-order valence-electron chi connectivity index (χ3n) is 3.92. The maximum absolute atomic E-state index is 6.14. The zero-order valence-corrected chi connectivity index (χ0v) is 13.5. The van der Waals surface area contributed by atoms with E-state index in [2.05, 4.69) is 46.2 Å². The third kappa shape index (κ3) is 3.60. The Hall–Kier alpha value is -2.00. The predicted octanol–water partition coefficient (Wildman–Crippen LogP) is 3.80. The molecule has 0 unspecified atom stereocenters. The first-order chi connectivity index (χ1) is 10.7. The minimum atomic E-state index is 0.740. The van der Waals surface area contributed by atoms with Gasteiger partial charge in [0.25, 0.3) is 0 Å². The highest BCUT2D eigenvalue weighted by molar-refractivity contribution is 6.33. The van der Waals surface area contributed by atoms with E-state index in [0.717, 1.165) is 36.8 Å². The zero-order chi connectivity index (χ0) is 15.4. The van der Waals surface area contributed by atoms with Gasteiger partial charge in [0.2, 0.25) is 0 Å². The van der Waals surface area contributed by atoms with Crippen LogP contribution in [0.25, 0.3) is 0 Å². The Labute approximate surface area is 136 Å². The number of hydrazone groups is 1. The molecule has 1 aliphatic heterocycles. The number of rotatable bonds is 3. The molecule has 2 aromatic carbocycles. The van der Waals surface area contributed by atoms with Gasteiger partial charge >= 0.3 is 0 Å². The highest BCUT2D eigenvalue weighted by Gasteiger charge is 2.15. The number of anilines is 1. The molecule has 3 rings (SSSR count). The van der Waals surface area contributed by atoms with Crippen LogP contribution in [0.4, 0.5) is 5.69 Å². The lowest BCUT2D eigenvalue weighted by Crippen LogP contribution is -2.44. The Balaban J connectivity index is 1.58. The fourth-order valence-electron chi connectivity index (χ4n) is 2.55. The van der Waals surface area contributed by atoms with Gasteiger partial charge in [-0.05, 0) is 25.1 Å². The molecule has 0 radical (unpaired) electrons. The summed E-state index contributed by atoms with van der Waals surface area (Å²) in [7, 11) is 0. The zero-order valence-electron chi connectivity index (χ0n) is 12.7. The predicted molar refractivity (Wildman–Crippen MR) is 94.0 cm³/mol. The van der Waals surface area contributed by atoms with E-state index in [1.807, 2.05) is 30.5 Å². The number of piperazine rings is 1. The van der Waals surface area contributed by atoms with Gasteiger partial charge in [-0.1, -0.05) is 47.5 Å². The van der Waals surface area contributed by atoms with Crippen LogP contribution in [0.1, 0.15) is 11.1 Å². The van der Waals surface area contributed by atoms with Crippen molar-refractivity contribution < 1.29 is 0 Å². The summed E-state index contributed by atoms with van der Waals surface area (Å²) >= 11 is 6.14. The van der Waals surface area contributed by atoms with Crippen molar-refractivity contribution in [1.29, 1.82) is 0 Å². The number of nitrogens with zero attached hydrogens (tertiary/aromatic N) is 3. The van der Waals surface area contributed by atoms with E-state index in [1.54, 1.807) is 0 Å². The molecule has 0 N–H and O–H groups in total. The Morgan fingerprint density at radius 1 is 0.955 bits per heavy atom. The molecule has 2 aromatic rings. The van der Waals surface area contributed by atoms with Gasteiger partial charge in [-0.25, -0.2) is 0 Å². The van der Waals surface area contributed by atoms with Crippen LogP contribution < -0.4 is 4.90 Å². The van der Waals surface area contributed by atoms with E-state index in [4.69, 9.17) is 11.6 Å². The fraction of sp³-hybridized carbons (Fsp3) is 0.278. The summed E-state index contributed by atoms with van der Waals surface area (Å²) < 4.78 is 0. The summed E-state index contributed by atoms with van der Waals surface area (Å²) in [5, 5.41) is 7.40. The molecule has 1 heterocycles. The highest BCUT2D eigenvalue weighted by Crippen LogP contribution is 2.17.